The van der Waals surface area contributed by atoms with Crippen LogP contribution < -0.4 is 15.5 Å². The fourth-order valence-corrected chi connectivity index (χ4v) is 3.89. The van der Waals surface area contributed by atoms with Gasteiger partial charge in [-0.3, -0.25) is 9.59 Å². The maximum absolute atomic E-state index is 13.5. The zero-order valence-corrected chi connectivity index (χ0v) is 20.8. The minimum absolute atomic E-state index is 0.0379. The summed E-state index contributed by atoms with van der Waals surface area (Å²) in [5.74, 6) is -1.23. The highest BCUT2D eigenvalue weighted by molar-refractivity contribution is 5.99. The van der Waals surface area contributed by atoms with Gasteiger partial charge in [0.25, 0.3) is 5.91 Å². The molecule has 2 N–H and O–H groups in total. The Hall–Kier alpha value is -3.62. The van der Waals surface area contributed by atoms with E-state index < -0.39 is 11.7 Å². The second-order valence-electron chi connectivity index (χ2n) is 9.21. The number of carbonyl (C=O) groups excluding carboxylic acids is 3. The highest BCUT2D eigenvalue weighted by atomic mass is 19.1. The van der Waals surface area contributed by atoms with Crippen LogP contribution in [0.5, 0.6) is 0 Å². The summed E-state index contributed by atoms with van der Waals surface area (Å²) in [6.07, 6.45) is 0. The van der Waals surface area contributed by atoms with Crippen molar-refractivity contribution in [1.82, 2.24) is 15.1 Å². The van der Waals surface area contributed by atoms with E-state index in [9.17, 15) is 18.8 Å². The molecule has 0 aliphatic carbocycles. The highest BCUT2D eigenvalue weighted by Crippen LogP contribution is 2.20. The number of amides is 4. The Kier molecular flexibility index (Phi) is 8.68. The van der Waals surface area contributed by atoms with Crippen molar-refractivity contribution in [2.45, 2.75) is 39.8 Å². The molecule has 1 fully saturated rings. The summed E-state index contributed by atoms with van der Waals surface area (Å²) in [4.78, 5) is 43.1. The molecule has 3 rings (SSSR count). The normalized spacial score (nSPS) is 13.7. The second-order valence-corrected chi connectivity index (χ2v) is 9.21. The zero-order valence-electron chi connectivity index (χ0n) is 20.8. The monoisotopic (exact) mass is 483 g/mol. The first-order valence-corrected chi connectivity index (χ1v) is 11.9. The lowest BCUT2D eigenvalue weighted by atomic mass is 10.1. The number of urea groups is 1. The molecule has 1 aliphatic heterocycles. The van der Waals surface area contributed by atoms with E-state index in [2.05, 4.69) is 15.5 Å². The number of hydrogen-bond donors (Lipinski definition) is 2. The molecule has 188 valence electrons. The largest absolute Gasteiger partial charge is 0.368 e. The molecule has 35 heavy (non-hydrogen) atoms. The fraction of sp³-hybridized carbons (Fsp3) is 0.423. The number of piperazine rings is 1. The number of hydrogen-bond acceptors (Lipinski definition) is 4. The van der Waals surface area contributed by atoms with Crippen molar-refractivity contribution in [2.75, 3.05) is 42.9 Å². The van der Waals surface area contributed by atoms with Crippen LogP contribution in [-0.4, -0.2) is 72.5 Å². The molecule has 0 saturated carbocycles. The summed E-state index contributed by atoms with van der Waals surface area (Å²) in [6.45, 7) is 10.1. The molecule has 2 aromatic carbocycles. The van der Waals surface area contributed by atoms with Gasteiger partial charge >= 0.3 is 6.03 Å². The number of halogens is 1. The van der Waals surface area contributed by atoms with Crippen molar-refractivity contribution < 1.29 is 18.8 Å². The van der Waals surface area contributed by atoms with Crippen molar-refractivity contribution in [3.05, 3.63) is 59.9 Å². The summed E-state index contributed by atoms with van der Waals surface area (Å²) in [5.41, 5.74) is 1.84. The maximum Gasteiger partial charge on any atom is 0.317 e. The van der Waals surface area contributed by atoms with Gasteiger partial charge in [0.15, 0.2) is 0 Å². The van der Waals surface area contributed by atoms with Gasteiger partial charge < -0.3 is 25.3 Å². The molecule has 9 heteroatoms. The van der Waals surface area contributed by atoms with Gasteiger partial charge in [-0.1, -0.05) is 6.07 Å². The third-order valence-corrected chi connectivity index (χ3v) is 5.76. The molecular formula is C26H34FN5O3. The zero-order chi connectivity index (χ0) is 25.5. The van der Waals surface area contributed by atoms with Gasteiger partial charge in [-0.05, 0) is 70.2 Å². The number of anilines is 2. The molecule has 1 saturated heterocycles. The van der Waals surface area contributed by atoms with E-state index in [0.29, 0.717) is 18.8 Å². The van der Waals surface area contributed by atoms with Gasteiger partial charge in [-0.15, -0.1) is 0 Å². The molecule has 0 spiro atoms. The molecule has 1 aliphatic rings. The van der Waals surface area contributed by atoms with Crippen molar-refractivity contribution >= 4 is 29.2 Å². The SMILES string of the molecule is CC(C)NC(=O)N1CCN(c2ccc(NC(=O)CN(C(=O)c3cccc(F)c3)C(C)C)cc2)CC1. The number of nitrogens with one attached hydrogen (secondary N) is 2. The van der Waals surface area contributed by atoms with E-state index >= 15 is 0 Å². The lowest BCUT2D eigenvalue weighted by Gasteiger charge is -2.36. The van der Waals surface area contributed by atoms with Crippen LogP contribution in [0.4, 0.5) is 20.6 Å². The number of benzene rings is 2. The topological polar surface area (TPSA) is 85.0 Å². The third-order valence-electron chi connectivity index (χ3n) is 5.76. The summed E-state index contributed by atoms with van der Waals surface area (Å²) in [7, 11) is 0. The fourth-order valence-electron chi connectivity index (χ4n) is 3.89. The Bertz CT molecular complexity index is 1030. The van der Waals surface area contributed by atoms with E-state index in [-0.39, 0.29) is 36.1 Å². The molecule has 1 heterocycles. The van der Waals surface area contributed by atoms with Crippen LogP contribution in [0.25, 0.3) is 0 Å². The Balaban J connectivity index is 1.55. The summed E-state index contributed by atoms with van der Waals surface area (Å²) in [6, 6.07) is 12.8. The van der Waals surface area contributed by atoms with E-state index in [1.165, 1.54) is 29.2 Å². The summed E-state index contributed by atoms with van der Waals surface area (Å²) >= 11 is 0. The van der Waals surface area contributed by atoms with Crippen LogP contribution in [0.15, 0.2) is 48.5 Å². The van der Waals surface area contributed by atoms with Gasteiger partial charge in [0.2, 0.25) is 5.91 Å². The predicted molar refractivity (Wildman–Crippen MR) is 135 cm³/mol. The lowest BCUT2D eigenvalue weighted by molar-refractivity contribution is -0.117. The molecule has 0 bridgehead atoms. The van der Waals surface area contributed by atoms with Crippen molar-refractivity contribution in [2.24, 2.45) is 0 Å². The average molecular weight is 484 g/mol. The standard InChI is InChI=1S/C26H34FN5O3/c1-18(2)28-26(35)31-14-12-30(13-15-31)23-10-8-22(9-11-23)29-24(33)17-32(19(3)4)25(34)20-6-5-7-21(27)16-20/h5-11,16,18-19H,12-15,17H2,1-4H3,(H,28,35)(H,29,33). The molecule has 8 nitrogen and oxygen atoms in total. The maximum atomic E-state index is 13.5. The van der Waals surface area contributed by atoms with Crippen molar-refractivity contribution in [3.63, 3.8) is 0 Å². The van der Waals surface area contributed by atoms with E-state index in [1.807, 2.05) is 56.9 Å². The van der Waals surface area contributed by atoms with Gasteiger partial charge in [-0.25, -0.2) is 9.18 Å². The molecular weight excluding hydrogens is 449 g/mol. The van der Waals surface area contributed by atoms with Crippen LogP contribution >= 0.6 is 0 Å². The Morgan fingerprint density at radius 2 is 1.63 bits per heavy atom. The number of nitrogens with zero attached hydrogens (tertiary/aromatic N) is 3. The van der Waals surface area contributed by atoms with E-state index in [0.717, 1.165) is 18.8 Å². The Labute approximate surface area is 206 Å². The molecule has 4 amide bonds. The summed E-state index contributed by atoms with van der Waals surface area (Å²) < 4.78 is 13.5. The molecule has 0 unspecified atom stereocenters. The lowest BCUT2D eigenvalue weighted by Crippen LogP contribution is -2.52. The first kappa shape index (κ1) is 26.0. The van der Waals surface area contributed by atoms with Crippen LogP contribution in [0.2, 0.25) is 0 Å². The first-order valence-electron chi connectivity index (χ1n) is 11.9. The van der Waals surface area contributed by atoms with Crippen LogP contribution in [0, 0.1) is 5.82 Å². The Morgan fingerprint density at radius 1 is 0.971 bits per heavy atom. The molecule has 0 aromatic heterocycles. The van der Waals surface area contributed by atoms with Crippen LogP contribution in [0.3, 0.4) is 0 Å². The van der Waals surface area contributed by atoms with E-state index in [1.54, 1.807) is 0 Å². The molecule has 2 aromatic rings. The Morgan fingerprint density at radius 3 is 2.20 bits per heavy atom. The van der Waals surface area contributed by atoms with Gasteiger partial charge in [0.05, 0.1) is 0 Å². The minimum atomic E-state index is -0.496. The number of rotatable bonds is 7. The highest BCUT2D eigenvalue weighted by Gasteiger charge is 2.23. The van der Waals surface area contributed by atoms with Gasteiger partial charge in [0.1, 0.15) is 12.4 Å². The average Bonchev–Trinajstić information content (AvgIpc) is 2.82. The third kappa shape index (κ3) is 7.18. The smallest absolute Gasteiger partial charge is 0.317 e. The van der Waals surface area contributed by atoms with Gasteiger partial charge in [-0.2, -0.15) is 0 Å². The van der Waals surface area contributed by atoms with Crippen molar-refractivity contribution in [3.8, 4) is 0 Å². The molecule has 0 atom stereocenters. The second kappa shape index (κ2) is 11.7. The minimum Gasteiger partial charge on any atom is -0.368 e. The summed E-state index contributed by atoms with van der Waals surface area (Å²) in [5, 5.41) is 5.75. The van der Waals surface area contributed by atoms with Crippen LogP contribution in [-0.2, 0) is 4.79 Å². The molecule has 0 radical (unpaired) electrons. The van der Waals surface area contributed by atoms with Gasteiger partial charge in [0, 0.05) is 55.2 Å². The van der Waals surface area contributed by atoms with E-state index in [4.69, 9.17) is 0 Å². The van der Waals surface area contributed by atoms with Crippen LogP contribution in [0.1, 0.15) is 38.1 Å². The quantitative estimate of drug-likeness (QED) is 0.631. The van der Waals surface area contributed by atoms with Crippen molar-refractivity contribution in [1.29, 1.82) is 0 Å². The number of carbonyl (C=O) groups is 3. The first-order chi connectivity index (χ1) is 16.6. The predicted octanol–water partition coefficient (Wildman–Crippen LogP) is 3.56.